The Hall–Kier alpha value is -3.71. The van der Waals surface area contributed by atoms with Gasteiger partial charge in [-0.15, -0.1) is 0 Å². The van der Waals surface area contributed by atoms with Gasteiger partial charge in [-0.25, -0.2) is 9.18 Å². The molecule has 8 heteroatoms. The van der Waals surface area contributed by atoms with Gasteiger partial charge in [-0.05, 0) is 67.3 Å². The van der Waals surface area contributed by atoms with Crippen LogP contribution in [-0.4, -0.2) is 42.3 Å². The molecular weight excluding hydrogens is 469 g/mol. The molecule has 0 radical (unpaired) electrons. The lowest BCUT2D eigenvalue weighted by Crippen LogP contribution is -2.44. The average molecular weight is 494 g/mol. The first kappa shape index (κ1) is 24.4. The van der Waals surface area contributed by atoms with E-state index in [1.807, 2.05) is 0 Å². The second-order valence-corrected chi connectivity index (χ2v) is 8.92. The van der Waals surface area contributed by atoms with Gasteiger partial charge in [0.1, 0.15) is 5.82 Å². The van der Waals surface area contributed by atoms with Crippen LogP contribution in [0.2, 0.25) is 5.02 Å². The van der Waals surface area contributed by atoms with Crippen molar-refractivity contribution in [2.75, 3.05) is 25.0 Å². The second kappa shape index (κ2) is 11.1. The maximum Gasteiger partial charge on any atom is 0.319 e. The third kappa shape index (κ3) is 6.25. The fourth-order valence-corrected chi connectivity index (χ4v) is 4.32. The Balaban J connectivity index is 1.39. The van der Waals surface area contributed by atoms with Gasteiger partial charge in [0.15, 0.2) is 5.78 Å². The van der Waals surface area contributed by atoms with Crippen LogP contribution in [0.5, 0.6) is 0 Å². The van der Waals surface area contributed by atoms with E-state index in [-0.39, 0.29) is 17.6 Å². The molecule has 0 aliphatic carbocycles. The molecule has 1 fully saturated rings. The standard InChI is InChI=1S/C27H25ClFN3O3/c28-20-12-10-19(11-13-20)25(33)23-8-1-2-9-24(23)26(34)32-14-4-5-18(17-32)16-30-27(35)31-22-7-3-6-21(29)15-22/h1-3,6-13,15,18H,4-5,14,16-17H2,(H2,30,31,35). The van der Waals surface area contributed by atoms with E-state index in [9.17, 15) is 18.8 Å². The number of likely N-dealkylation sites (tertiary alicyclic amines) is 1. The van der Waals surface area contributed by atoms with Gasteiger partial charge in [0.05, 0.1) is 5.56 Å². The highest BCUT2D eigenvalue weighted by Crippen LogP contribution is 2.22. The minimum absolute atomic E-state index is 0.0603. The third-order valence-corrected chi connectivity index (χ3v) is 6.20. The van der Waals surface area contributed by atoms with Gasteiger partial charge in [0.25, 0.3) is 5.91 Å². The van der Waals surface area contributed by atoms with Crippen molar-refractivity contribution < 1.29 is 18.8 Å². The molecule has 1 aliphatic heterocycles. The fourth-order valence-electron chi connectivity index (χ4n) is 4.19. The fraction of sp³-hybridized carbons (Fsp3) is 0.222. The summed E-state index contributed by atoms with van der Waals surface area (Å²) >= 11 is 5.93. The molecule has 3 aromatic rings. The van der Waals surface area contributed by atoms with Gasteiger partial charge in [-0.2, -0.15) is 0 Å². The van der Waals surface area contributed by atoms with Crippen molar-refractivity contribution in [2.24, 2.45) is 5.92 Å². The molecule has 1 atom stereocenters. The normalized spacial score (nSPS) is 15.4. The lowest BCUT2D eigenvalue weighted by Gasteiger charge is -2.33. The molecule has 0 aromatic heterocycles. The minimum Gasteiger partial charge on any atom is -0.338 e. The van der Waals surface area contributed by atoms with E-state index in [1.54, 1.807) is 59.5 Å². The highest BCUT2D eigenvalue weighted by Gasteiger charge is 2.27. The number of anilines is 1. The quantitative estimate of drug-likeness (QED) is 0.452. The number of piperidine rings is 1. The Morgan fingerprint density at radius 3 is 2.46 bits per heavy atom. The largest absolute Gasteiger partial charge is 0.338 e. The molecule has 6 nitrogen and oxygen atoms in total. The zero-order valence-electron chi connectivity index (χ0n) is 19.0. The van der Waals surface area contributed by atoms with Crippen molar-refractivity contribution in [3.05, 3.63) is 100 Å². The van der Waals surface area contributed by atoms with Crippen molar-refractivity contribution >= 4 is 35.0 Å². The first-order valence-electron chi connectivity index (χ1n) is 11.4. The van der Waals surface area contributed by atoms with Crippen molar-refractivity contribution in [3.8, 4) is 0 Å². The molecule has 1 heterocycles. The summed E-state index contributed by atoms with van der Waals surface area (Å²) < 4.78 is 13.3. The van der Waals surface area contributed by atoms with Crippen LogP contribution in [0.1, 0.15) is 39.1 Å². The predicted molar refractivity (Wildman–Crippen MR) is 133 cm³/mol. The smallest absolute Gasteiger partial charge is 0.319 e. The molecular formula is C27H25ClFN3O3. The summed E-state index contributed by atoms with van der Waals surface area (Å²) in [6.45, 7) is 1.41. The van der Waals surface area contributed by atoms with Crippen LogP contribution in [0, 0.1) is 11.7 Å². The lowest BCUT2D eigenvalue weighted by molar-refractivity contribution is 0.0672. The van der Waals surface area contributed by atoms with Crippen molar-refractivity contribution in [1.29, 1.82) is 0 Å². The second-order valence-electron chi connectivity index (χ2n) is 8.49. The maximum absolute atomic E-state index is 13.4. The van der Waals surface area contributed by atoms with Crippen LogP contribution in [0.3, 0.4) is 0 Å². The van der Waals surface area contributed by atoms with E-state index < -0.39 is 11.8 Å². The summed E-state index contributed by atoms with van der Waals surface area (Å²) in [5.41, 5.74) is 1.52. The van der Waals surface area contributed by atoms with Crippen LogP contribution in [-0.2, 0) is 0 Å². The minimum atomic E-state index is -0.432. The highest BCUT2D eigenvalue weighted by molar-refractivity contribution is 6.30. The molecule has 0 saturated carbocycles. The third-order valence-electron chi connectivity index (χ3n) is 5.95. The summed E-state index contributed by atoms with van der Waals surface area (Å²) in [7, 11) is 0. The molecule has 3 aromatic carbocycles. The van der Waals surface area contributed by atoms with Crippen LogP contribution in [0.4, 0.5) is 14.9 Å². The van der Waals surface area contributed by atoms with Crippen molar-refractivity contribution in [3.63, 3.8) is 0 Å². The average Bonchev–Trinajstić information content (AvgIpc) is 2.87. The number of carbonyl (C=O) groups excluding carboxylic acids is 3. The zero-order chi connectivity index (χ0) is 24.8. The van der Waals surface area contributed by atoms with Crippen molar-refractivity contribution in [1.82, 2.24) is 10.2 Å². The molecule has 4 rings (SSSR count). The van der Waals surface area contributed by atoms with E-state index in [0.29, 0.717) is 47.0 Å². The summed E-state index contributed by atoms with van der Waals surface area (Å²) in [6.07, 6.45) is 1.65. The molecule has 1 aliphatic rings. The molecule has 1 saturated heterocycles. The van der Waals surface area contributed by atoms with E-state index in [1.165, 1.54) is 18.2 Å². The number of amides is 3. The molecule has 180 valence electrons. The van der Waals surface area contributed by atoms with E-state index in [2.05, 4.69) is 10.6 Å². The van der Waals surface area contributed by atoms with Gasteiger partial charge in [-0.1, -0.05) is 35.9 Å². The highest BCUT2D eigenvalue weighted by atomic mass is 35.5. The Morgan fingerprint density at radius 1 is 0.971 bits per heavy atom. The number of carbonyl (C=O) groups is 3. The summed E-state index contributed by atoms with van der Waals surface area (Å²) in [6, 6.07) is 18.6. The molecule has 1 unspecified atom stereocenters. The number of halogens is 2. The SMILES string of the molecule is O=C(NCC1CCCN(C(=O)c2ccccc2C(=O)c2ccc(Cl)cc2)C1)Nc1cccc(F)c1. The lowest BCUT2D eigenvalue weighted by atomic mass is 9.94. The van der Waals surface area contributed by atoms with Gasteiger partial charge >= 0.3 is 6.03 Å². The number of ketones is 1. The molecule has 35 heavy (non-hydrogen) atoms. The number of urea groups is 1. The Kier molecular flexibility index (Phi) is 7.77. The van der Waals surface area contributed by atoms with Crippen LogP contribution >= 0.6 is 11.6 Å². The maximum atomic E-state index is 13.4. The number of rotatable bonds is 6. The molecule has 0 spiro atoms. The number of nitrogens with one attached hydrogen (secondary N) is 2. The number of hydrogen-bond acceptors (Lipinski definition) is 3. The van der Waals surface area contributed by atoms with Gasteiger partial charge in [-0.3, -0.25) is 9.59 Å². The van der Waals surface area contributed by atoms with Crippen LogP contribution < -0.4 is 10.6 Å². The van der Waals surface area contributed by atoms with Gasteiger partial charge in [0.2, 0.25) is 0 Å². The number of hydrogen-bond donors (Lipinski definition) is 2. The van der Waals surface area contributed by atoms with Crippen LogP contribution in [0.15, 0.2) is 72.8 Å². The first-order valence-corrected chi connectivity index (χ1v) is 11.8. The Morgan fingerprint density at radius 2 is 1.71 bits per heavy atom. The monoisotopic (exact) mass is 493 g/mol. The van der Waals surface area contributed by atoms with E-state index in [0.717, 1.165) is 12.8 Å². The topological polar surface area (TPSA) is 78.5 Å². The molecule has 0 bridgehead atoms. The molecule has 3 amide bonds. The zero-order valence-corrected chi connectivity index (χ0v) is 19.7. The van der Waals surface area contributed by atoms with E-state index >= 15 is 0 Å². The van der Waals surface area contributed by atoms with Gasteiger partial charge in [0, 0.05) is 41.5 Å². The van der Waals surface area contributed by atoms with Gasteiger partial charge < -0.3 is 15.5 Å². The summed E-state index contributed by atoms with van der Waals surface area (Å²) in [5, 5.41) is 5.94. The Bertz CT molecular complexity index is 1230. The summed E-state index contributed by atoms with van der Waals surface area (Å²) in [5.74, 6) is -0.823. The van der Waals surface area contributed by atoms with Crippen LogP contribution in [0.25, 0.3) is 0 Å². The summed E-state index contributed by atoms with van der Waals surface area (Å²) in [4.78, 5) is 40.4. The molecule has 2 N–H and O–H groups in total. The number of nitrogens with zero attached hydrogens (tertiary/aromatic N) is 1. The predicted octanol–water partition coefficient (Wildman–Crippen LogP) is 5.38. The van der Waals surface area contributed by atoms with Crippen molar-refractivity contribution in [2.45, 2.75) is 12.8 Å². The number of benzene rings is 3. The Labute approximate surface area is 208 Å². The first-order chi connectivity index (χ1) is 16.9. The van der Waals surface area contributed by atoms with E-state index in [4.69, 9.17) is 11.6 Å².